The van der Waals surface area contributed by atoms with Crippen molar-refractivity contribution in [2.45, 2.75) is 48.8 Å². The fourth-order valence-electron chi connectivity index (χ4n) is 7.26. The van der Waals surface area contributed by atoms with Gasteiger partial charge in [-0.2, -0.15) is 4.31 Å². The number of fused-ring (bicyclic) bond motifs is 3. The van der Waals surface area contributed by atoms with E-state index in [-0.39, 0.29) is 23.3 Å². The van der Waals surface area contributed by atoms with E-state index in [4.69, 9.17) is 9.47 Å². The summed E-state index contributed by atoms with van der Waals surface area (Å²) in [6.45, 7) is 4.51. The van der Waals surface area contributed by atoms with E-state index in [1.165, 1.54) is 7.11 Å². The van der Waals surface area contributed by atoms with Gasteiger partial charge in [0.1, 0.15) is 0 Å². The Hall–Kier alpha value is -2.68. The first-order valence-electron chi connectivity index (χ1n) is 12.1. The molecule has 0 amide bonds. The number of methoxy groups -OCH3 is 1. The molecule has 0 unspecified atom stereocenters. The Balaban J connectivity index is 1.59. The number of hydrogen-bond donors (Lipinski definition) is 1. The lowest BCUT2D eigenvalue weighted by atomic mass is 9.51. The van der Waals surface area contributed by atoms with Crippen LogP contribution in [0.3, 0.4) is 0 Å². The van der Waals surface area contributed by atoms with Gasteiger partial charge in [-0.1, -0.05) is 47.5 Å². The Morgan fingerprint density at radius 2 is 1.94 bits per heavy atom. The number of nitrogens with one attached hydrogen (secondary N) is 1. The topological polar surface area (TPSA) is 84.9 Å². The van der Waals surface area contributed by atoms with E-state index >= 15 is 0 Å². The summed E-state index contributed by atoms with van der Waals surface area (Å²) in [7, 11) is -2.40. The van der Waals surface area contributed by atoms with Gasteiger partial charge < -0.3 is 14.8 Å². The van der Waals surface area contributed by atoms with Crippen LogP contribution < -0.4 is 5.32 Å². The van der Waals surface area contributed by atoms with Crippen LogP contribution in [0.15, 0.2) is 65.1 Å². The molecule has 2 aromatic carbocycles. The fraction of sp³-hybridized carbons (Fsp3) is 0.444. The molecule has 3 fully saturated rings. The number of carbonyl (C=O) groups is 1. The quantitative estimate of drug-likeness (QED) is 0.519. The second-order valence-corrected chi connectivity index (χ2v) is 12.0. The third-order valence-electron chi connectivity index (χ3n) is 8.71. The fourth-order valence-corrected chi connectivity index (χ4v) is 8.90. The van der Waals surface area contributed by atoms with Gasteiger partial charge in [-0.3, -0.25) is 4.79 Å². The van der Waals surface area contributed by atoms with Gasteiger partial charge in [0.2, 0.25) is 10.0 Å². The number of hydrogen-bond acceptors (Lipinski definition) is 6. The van der Waals surface area contributed by atoms with Gasteiger partial charge >= 0.3 is 5.97 Å². The maximum absolute atomic E-state index is 14.1. The Morgan fingerprint density at radius 1 is 1.20 bits per heavy atom. The van der Waals surface area contributed by atoms with Crippen molar-refractivity contribution in [3.8, 4) is 0 Å². The van der Waals surface area contributed by atoms with Crippen molar-refractivity contribution in [1.82, 2.24) is 4.31 Å². The smallest absolute Gasteiger partial charge is 0.310 e. The van der Waals surface area contributed by atoms with Crippen LogP contribution in [0.2, 0.25) is 0 Å². The molecule has 2 bridgehead atoms. The number of aryl methyl sites for hydroxylation is 1. The van der Waals surface area contributed by atoms with E-state index < -0.39 is 33.1 Å². The van der Waals surface area contributed by atoms with Crippen LogP contribution in [0.5, 0.6) is 0 Å². The minimum Gasteiger partial charge on any atom is -0.469 e. The average Bonchev–Trinajstić information content (AvgIpc) is 3.37. The molecule has 6 rings (SSSR count). The molecule has 0 spiro atoms. The second kappa shape index (κ2) is 7.66. The lowest BCUT2D eigenvalue weighted by Crippen LogP contribution is -2.74. The zero-order valence-electron chi connectivity index (χ0n) is 20.2. The van der Waals surface area contributed by atoms with Crippen LogP contribution in [-0.2, 0) is 29.7 Å². The monoisotopic (exact) mass is 494 g/mol. The highest BCUT2D eigenvalue weighted by atomic mass is 32.2. The molecular formula is C27H30N2O5S. The van der Waals surface area contributed by atoms with Gasteiger partial charge in [-0.05, 0) is 56.4 Å². The minimum atomic E-state index is -3.83. The maximum atomic E-state index is 14.1. The number of esters is 1. The number of sulfonamides is 1. The van der Waals surface area contributed by atoms with Crippen molar-refractivity contribution in [2.75, 3.05) is 25.6 Å². The summed E-state index contributed by atoms with van der Waals surface area (Å²) in [4.78, 5) is 13.7. The van der Waals surface area contributed by atoms with Crippen molar-refractivity contribution in [3.05, 3.63) is 71.3 Å². The standard InChI is InChI=1S/C27H30N2O5S/c1-4-18-16-29(35(31,32)19-11-9-17(2)10-12-19)23-15-20(18)24(25(30)33-3)26-13-14-34-27(23,26)28-22-8-6-5-7-21(22)26/h4-12,20,23-24,28H,13-16H2,1-3H3/b18-4-/t20-,23-,24-,26-,27-/m0/s1. The lowest BCUT2D eigenvalue weighted by Gasteiger charge is -2.59. The van der Waals surface area contributed by atoms with Crippen LogP contribution in [0.25, 0.3) is 0 Å². The van der Waals surface area contributed by atoms with E-state index in [1.807, 2.05) is 56.3 Å². The van der Waals surface area contributed by atoms with Crippen LogP contribution >= 0.6 is 0 Å². The molecule has 5 atom stereocenters. The number of para-hydroxylation sites is 1. The van der Waals surface area contributed by atoms with Gasteiger partial charge in [0, 0.05) is 12.2 Å². The van der Waals surface area contributed by atoms with Crippen molar-refractivity contribution >= 4 is 21.7 Å². The van der Waals surface area contributed by atoms with Crippen LogP contribution in [0, 0.1) is 18.8 Å². The Bertz CT molecular complexity index is 1340. The van der Waals surface area contributed by atoms with Gasteiger partial charge in [-0.15, -0.1) is 0 Å². The summed E-state index contributed by atoms with van der Waals surface area (Å²) in [5, 5.41) is 3.61. The summed E-state index contributed by atoms with van der Waals surface area (Å²) >= 11 is 0. The molecule has 35 heavy (non-hydrogen) atoms. The molecule has 7 nitrogen and oxygen atoms in total. The van der Waals surface area contributed by atoms with E-state index in [1.54, 1.807) is 16.4 Å². The van der Waals surface area contributed by atoms with Crippen LogP contribution in [0.4, 0.5) is 5.69 Å². The zero-order valence-corrected chi connectivity index (χ0v) is 21.0. The van der Waals surface area contributed by atoms with Gasteiger partial charge in [0.25, 0.3) is 0 Å². The summed E-state index contributed by atoms with van der Waals surface area (Å²) in [5.74, 6) is -0.876. The number of nitrogens with zero attached hydrogens (tertiary/aromatic N) is 1. The lowest BCUT2D eigenvalue weighted by molar-refractivity contribution is -0.166. The second-order valence-electron chi connectivity index (χ2n) is 10.1. The molecule has 2 saturated heterocycles. The molecule has 184 valence electrons. The number of anilines is 1. The third-order valence-corrected chi connectivity index (χ3v) is 10.6. The predicted molar refractivity (Wildman–Crippen MR) is 131 cm³/mol. The summed E-state index contributed by atoms with van der Waals surface area (Å²) < 4.78 is 41.8. The largest absolute Gasteiger partial charge is 0.469 e. The van der Waals surface area contributed by atoms with Crippen molar-refractivity contribution in [3.63, 3.8) is 0 Å². The van der Waals surface area contributed by atoms with Crippen molar-refractivity contribution in [1.29, 1.82) is 0 Å². The molecule has 8 heteroatoms. The maximum Gasteiger partial charge on any atom is 0.310 e. The van der Waals surface area contributed by atoms with Crippen LogP contribution in [0.1, 0.15) is 30.9 Å². The molecule has 1 aliphatic carbocycles. The molecule has 4 aliphatic rings. The summed E-state index contributed by atoms with van der Waals surface area (Å²) in [5.41, 5.74) is 2.06. The zero-order chi connectivity index (χ0) is 24.6. The summed E-state index contributed by atoms with van der Waals surface area (Å²) in [6.07, 6.45) is 3.06. The molecule has 3 aliphatic heterocycles. The number of benzene rings is 2. The van der Waals surface area contributed by atoms with Crippen molar-refractivity contribution in [2.24, 2.45) is 11.8 Å². The predicted octanol–water partition coefficient (Wildman–Crippen LogP) is 3.60. The highest BCUT2D eigenvalue weighted by molar-refractivity contribution is 7.89. The number of allylic oxidation sites excluding steroid dienone is 1. The number of piperidine rings is 1. The van der Waals surface area contributed by atoms with E-state index in [0.717, 1.165) is 22.4 Å². The molecule has 1 saturated carbocycles. The number of ether oxygens (including phenoxy) is 2. The van der Waals surface area contributed by atoms with E-state index in [9.17, 15) is 13.2 Å². The Labute approximate surface area is 206 Å². The van der Waals surface area contributed by atoms with E-state index in [2.05, 4.69) is 5.32 Å². The van der Waals surface area contributed by atoms with Gasteiger partial charge in [0.05, 0.1) is 36.0 Å². The molecule has 1 N–H and O–H groups in total. The van der Waals surface area contributed by atoms with Gasteiger partial charge in [0.15, 0.2) is 5.72 Å². The minimum absolute atomic E-state index is 0.135. The number of rotatable bonds is 3. The highest BCUT2D eigenvalue weighted by Crippen LogP contribution is 2.67. The molecule has 0 aromatic heterocycles. The van der Waals surface area contributed by atoms with E-state index in [0.29, 0.717) is 19.4 Å². The normalized spacial score (nSPS) is 34.6. The first-order chi connectivity index (χ1) is 16.8. The molecule has 2 aromatic rings. The first kappa shape index (κ1) is 22.8. The first-order valence-corrected chi connectivity index (χ1v) is 13.6. The molecule has 0 radical (unpaired) electrons. The highest BCUT2D eigenvalue weighted by Gasteiger charge is 2.76. The Kier molecular flexibility index (Phi) is 4.98. The molecule has 3 heterocycles. The van der Waals surface area contributed by atoms with Crippen LogP contribution in [-0.4, -0.2) is 50.7 Å². The summed E-state index contributed by atoms with van der Waals surface area (Å²) in [6, 6.07) is 14.4. The van der Waals surface area contributed by atoms with Gasteiger partial charge in [-0.25, -0.2) is 8.42 Å². The SMILES string of the molecule is C/C=C1/CN(S(=O)(=O)c2ccc(C)cc2)[C@H]2C[C@@H]1[C@@H](C(=O)OC)[C@@]13CCO[C@@]21Nc1ccccc13. The number of carbonyl (C=O) groups excluding carboxylic acids is 1. The molecular weight excluding hydrogens is 464 g/mol. The average molecular weight is 495 g/mol. The van der Waals surface area contributed by atoms with Crippen molar-refractivity contribution < 1.29 is 22.7 Å². The Morgan fingerprint density at radius 3 is 2.66 bits per heavy atom. The third kappa shape index (κ3) is 2.79.